The Labute approximate surface area is 76.9 Å². The molecular formula is C9H13NO3. The summed E-state index contributed by atoms with van der Waals surface area (Å²) in [6.45, 7) is 0. The van der Waals surface area contributed by atoms with E-state index in [1.54, 1.807) is 32.4 Å². The van der Waals surface area contributed by atoms with Crippen molar-refractivity contribution in [3.8, 4) is 11.5 Å². The highest BCUT2D eigenvalue weighted by Crippen LogP contribution is 2.24. The van der Waals surface area contributed by atoms with Crippen LogP contribution in [0.5, 0.6) is 11.5 Å². The molecule has 0 saturated carbocycles. The molecule has 0 amide bonds. The van der Waals surface area contributed by atoms with Gasteiger partial charge in [-0.3, -0.25) is 0 Å². The molecule has 4 heteroatoms. The minimum Gasteiger partial charge on any atom is -0.497 e. The fourth-order valence-electron chi connectivity index (χ4n) is 1.00. The molecule has 3 N–H and O–H groups in total. The van der Waals surface area contributed by atoms with Crippen LogP contribution in [0, 0.1) is 0 Å². The van der Waals surface area contributed by atoms with Gasteiger partial charge < -0.3 is 20.3 Å². The monoisotopic (exact) mass is 183 g/mol. The van der Waals surface area contributed by atoms with Crippen molar-refractivity contribution in [1.82, 2.24) is 0 Å². The lowest BCUT2D eigenvalue weighted by Gasteiger charge is -2.09. The van der Waals surface area contributed by atoms with Crippen LogP contribution in [0.25, 0.3) is 0 Å². The maximum Gasteiger partial charge on any atom is 0.128 e. The minimum absolute atomic E-state index is 0.566. The van der Waals surface area contributed by atoms with Gasteiger partial charge in [0.25, 0.3) is 0 Å². The van der Waals surface area contributed by atoms with Crippen molar-refractivity contribution in [3.63, 3.8) is 0 Å². The number of nitrogens with two attached hydrogens (primary N) is 1. The lowest BCUT2D eigenvalue weighted by Crippen LogP contribution is -2.08. The van der Waals surface area contributed by atoms with Crippen LogP contribution in [0.1, 0.15) is 11.8 Å². The largest absolute Gasteiger partial charge is 0.497 e. The molecule has 0 radical (unpaired) electrons. The summed E-state index contributed by atoms with van der Waals surface area (Å²) < 4.78 is 10.0. The van der Waals surface area contributed by atoms with Crippen LogP contribution in [-0.2, 0) is 0 Å². The molecule has 4 nitrogen and oxygen atoms in total. The van der Waals surface area contributed by atoms with E-state index in [0.717, 1.165) is 0 Å². The average molecular weight is 183 g/mol. The molecule has 0 aliphatic carbocycles. The maximum absolute atomic E-state index is 9.13. The Morgan fingerprint density at radius 1 is 1.15 bits per heavy atom. The highest BCUT2D eigenvalue weighted by Gasteiger charge is 2.05. The predicted molar refractivity (Wildman–Crippen MR) is 48.7 cm³/mol. The molecule has 0 aliphatic rings. The first kappa shape index (κ1) is 9.83. The number of aliphatic hydroxyl groups excluding tert-OH is 1. The lowest BCUT2D eigenvalue weighted by atomic mass is 10.2. The first-order chi connectivity index (χ1) is 6.17. The quantitative estimate of drug-likeness (QED) is 0.675. The standard InChI is InChI=1S/C9H13NO3/c1-12-7-3-6(9(10)11)4-8(5-7)13-2/h3-5,9,11H,10H2,1-2H3. The van der Waals surface area contributed by atoms with E-state index in [1.165, 1.54) is 0 Å². The molecule has 72 valence electrons. The Bertz CT molecular complexity index is 264. The second kappa shape index (κ2) is 4.11. The van der Waals surface area contributed by atoms with Gasteiger partial charge in [0, 0.05) is 11.6 Å². The van der Waals surface area contributed by atoms with Gasteiger partial charge in [0.2, 0.25) is 0 Å². The zero-order valence-corrected chi connectivity index (χ0v) is 7.65. The van der Waals surface area contributed by atoms with Gasteiger partial charge in [0.05, 0.1) is 14.2 Å². The van der Waals surface area contributed by atoms with Crippen LogP contribution in [0.2, 0.25) is 0 Å². The third-order valence-corrected chi connectivity index (χ3v) is 1.72. The van der Waals surface area contributed by atoms with Gasteiger partial charge in [-0.25, -0.2) is 0 Å². The summed E-state index contributed by atoms with van der Waals surface area (Å²) in [6, 6.07) is 5.03. The fourth-order valence-corrected chi connectivity index (χ4v) is 1.00. The number of hydrogen-bond acceptors (Lipinski definition) is 4. The SMILES string of the molecule is COc1cc(OC)cc(C(N)O)c1. The molecule has 0 heterocycles. The van der Waals surface area contributed by atoms with Gasteiger partial charge in [-0.1, -0.05) is 0 Å². The van der Waals surface area contributed by atoms with Crippen LogP contribution < -0.4 is 15.2 Å². The molecule has 1 rings (SSSR count). The lowest BCUT2D eigenvalue weighted by molar-refractivity contribution is 0.185. The number of ether oxygens (including phenoxy) is 2. The zero-order valence-electron chi connectivity index (χ0n) is 7.65. The van der Waals surface area contributed by atoms with Gasteiger partial charge in [-0.15, -0.1) is 0 Å². The third kappa shape index (κ3) is 2.34. The van der Waals surface area contributed by atoms with E-state index in [-0.39, 0.29) is 0 Å². The second-order valence-electron chi connectivity index (χ2n) is 2.59. The van der Waals surface area contributed by atoms with E-state index >= 15 is 0 Å². The summed E-state index contributed by atoms with van der Waals surface area (Å²) in [5.41, 5.74) is 5.87. The molecule has 0 fully saturated rings. The summed E-state index contributed by atoms with van der Waals surface area (Å²) in [5, 5.41) is 9.13. The van der Waals surface area contributed by atoms with E-state index < -0.39 is 6.23 Å². The van der Waals surface area contributed by atoms with Gasteiger partial charge in [0.1, 0.15) is 17.7 Å². The van der Waals surface area contributed by atoms with Crippen LogP contribution in [0.3, 0.4) is 0 Å². The number of methoxy groups -OCH3 is 2. The van der Waals surface area contributed by atoms with Gasteiger partial charge in [-0.05, 0) is 12.1 Å². The van der Waals surface area contributed by atoms with Crippen molar-refractivity contribution in [3.05, 3.63) is 23.8 Å². The Hall–Kier alpha value is -1.26. The third-order valence-electron chi connectivity index (χ3n) is 1.72. The van der Waals surface area contributed by atoms with Crippen molar-refractivity contribution in [2.45, 2.75) is 6.23 Å². The number of hydrogen-bond donors (Lipinski definition) is 2. The summed E-state index contributed by atoms with van der Waals surface area (Å²) in [5.74, 6) is 1.22. The smallest absolute Gasteiger partial charge is 0.128 e. The summed E-state index contributed by atoms with van der Waals surface area (Å²) in [6.07, 6.45) is -1.01. The molecule has 0 saturated heterocycles. The zero-order chi connectivity index (χ0) is 9.84. The average Bonchev–Trinajstić information content (AvgIpc) is 2.16. The van der Waals surface area contributed by atoms with Gasteiger partial charge in [-0.2, -0.15) is 0 Å². The van der Waals surface area contributed by atoms with E-state index in [4.69, 9.17) is 20.3 Å². The molecule has 0 spiro atoms. The number of aliphatic hydroxyl groups is 1. The van der Waals surface area contributed by atoms with Crippen molar-refractivity contribution < 1.29 is 14.6 Å². The molecule has 0 aromatic heterocycles. The Kier molecular flexibility index (Phi) is 3.11. The van der Waals surface area contributed by atoms with Gasteiger partial charge in [0.15, 0.2) is 0 Å². The highest BCUT2D eigenvalue weighted by atomic mass is 16.5. The van der Waals surface area contributed by atoms with Crippen LogP contribution in [-0.4, -0.2) is 19.3 Å². The Morgan fingerprint density at radius 3 is 1.92 bits per heavy atom. The van der Waals surface area contributed by atoms with E-state index in [1.807, 2.05) is 0 Å². The van der Waals surface area contributed by atoms with Crippen molar-refractivity contribution in [1.29, 1.82) is 0 Å². The molecule has 13 heavy (non-hydrogen) atoms. The van der Waals surface area contributed by atoms with Crippen LogP contribution in [0.4, 0.5) is 0 Å². The molecule has 0 bridgehead atoms. The van der Waals surface area contributed by atoms with Crippen LogP contribution in [0.15, 0.2) is 18.2 Å². The first-order valence-corrected chi connectivity index (χ1v) is 3.84. The molecule has 1 aromatic rings. The molecular weight excluding hydrogens is 170 g/mol. The van der Waals surface area contributed by atoms with E-state index in [9.17, 15) is 0 Å². The summed E-state index contributed by atoms with van der Waals surface area (Å²) in [4.78, 5) is 0. The summed E-state index contributed by atoms with van der Waals surface area (Å²) >= 11 is 0. The molecule has 0 aliphatic heterocycles. The van der Waals surface area contributed by atoms with Crippen molar-refractivity contribution >= 4 is 0 Å². The van der Waals surface area contributed by atoms with Crippen molar-refractivity contribution in [2.24, 2.45) is 5.73 Å². The fraction of sp³-hybridized carbons (Fsp3) is 0.333. The Balaban J connectivity index is 3.07. The molecule has 1 unspecified atom stereocenters. The maximum atomic E-state index is 9.13. The van der Waals surface area contributed by atoms with Crippen molar-refractivity contribution in [2.75, 3.05) is 14.2 Å². The molecule has 1 atom stereocenters. The Morgan fingerprint density at radius 2 is 1.62 bits per heavy atom. The number of rotatable bonds is 3. The second-order valence-corrected chi connectivity index (χ2v) is 2.59. The summed E-state index contributed by atoms with van der Waals surface area (Å²) in [7, 11) is 3.09. The predicted octanol–water partition coefficient (Wildman–Crippen LogP) is 0.653. The van der Waals surface area contributed by atoms with Crippen LogP contribution >= 0.6 is 0 Å². The van der Waals surface area contributed by atoms with E-state index in [2.05, 4.69) is 0 Å². The first-order valence-electron chi connectivity index (χ1n) is 3.84. The highest BCUT2D eigenvalue weighted by molar-refractivity contribution is 5.39. The minimum atomic E-state index is -1.01. The van der Waals surface area contributed by atoms with Gasteiger partial charge >= 0.3 is 0 Å². The normalized spacial score (nSPS) is 12.3. The number of benzene rings is 1. The molecule has 1 aromatic carbocycles. The van der Waals surface area contributed by atoms with E-state index in [0.29, 0.717) is 17.1 Å². The topological polar surface area (TPSA) is 64.7 Å².